The molecule has 2 saturated heterocycles. The Labute approximate surface area is 208 Å². The van der Waals surface area contributed by atoms with Gasteiger partial charge in [-0.1, -0.05) is 5.21 Å². The van der Waals surface area contributed by atoms with Crippen LogP contribution in [0.15, 0.2) is 42.9 Å². The SMILES string of the molecule is O=C(O[C@@H]1[C@@H](n2cc(-c3cc(F)c(F)c(F)c3)nn2)[C@@H](O)[C@@H](CO)O[C@@]12CCCCO2)c1cccnc1. The lowest BCUT2D eigenvalue weighted by Gasteiger charge is -2.51. The number of halogens is 3. The third-order valence-corrected chi connectivity index (χ3v) is 6.50. The van der Waals surface area contributed by atoms with Crippen LogP contribution in [0, 0.1) is 17.5 Å². The van der Waals surface area contributed by atoms with E-state index < -0.39 is 60.2 Å². The van der Waals surface area contributed by atoms with Crippen LogP contribution >= 0.6 is 0 Å². The number of rotatable bonds is 5. The van der Waals surface area contributed by atoms with E-state index in [0.717, 1.165) is 23.2 Å². The van der Waals surface area contributed by atoms with E-state index in [4.69, 9.17) is 14.2 Å². The number of aromatic nitrogens is 4. The zero-order valence-electron chi connectivity index (χ0n) is 19.3. The minimum Gasteiger partial charge on any atom is -0.451 e. The number of carbonyl (C=O) groups is 1. The minimum absolute atomic E-state index is 0.0343. The number of hydrogen-bond acceptors (Lipinski definition) is 9. The van der Waals surface area contributed by atoms with E-state index >= 15 is 0 Å². The van der Waals surface area contributed by atoms with E-state index in [1.165, 1.54) is 24.7 Å². The normalized spacial score (nSPS) is 27.8. The van der Waals surface area contributed by atoms with Crippen LogP contribution in [0.2, 0.25) is 0 Å². The molecule has 2 aliphatic heterocycles. The first-order valence-electron chi connectivity index (χ1n) is 11.6. The highest BCUT2D eigenvalue weighted by Gasteiger charge is 2.59. The van der Waals surface area contributed by atoms with Crippen LogP contribution in [0.5, 0.6) is 0 Å². The number of ether oxygens (including phenoxy) is 3. The van der Waals surface area contributed by atoms with Gasteiger partial charge >= 0.3 is 5.97 Å². The first-order valence-corrected chi connectivity index (χ1v) is 11.6. The van der Waals surface area contributed by atoms with Gasteiger partial charge < -0.3 is 24.4 Å². The molecule has 10 nitrogen and oxygen atoms in total. The molecular formula is C24H23F3N4O6. The summed E-state index contributed by atoms with van der Waals surface area (Å²) >= 11 is 0. The van der Waals surface area contributed by atoms with Crippen molar-refractivity contribution in [1.82, 2.24) is 20.0 Å². The van der Waals surface area contributed by atoms with Crippen LogP contribution in [-0.2, 0) is 14.2 Å². The molecular weight excluding hydrogens is 497 g/mol. The molecule has 0 saturated carbocycles. The fourth-order valence-electron chi connectivity index (χ4n) is 4.69. The maximum absolute atomic E-state index is 13.8. The number of pyridine rings is 1. The van der Waals surface area contributed by atoms with Crippen LogP contribution < -0.4 is 0 Å². The van der Waals surface area contributed by atoms with Crippen molar-refractivity contribution in [2.24, 2.45) is 0 Å². The van der Waals surface area contributed by atoms with Gasteiger partial charge in [-0.3, -0.25) is 4.98 Å². The zero-order valence-corrected chi connectivity index (χ0v) is 19.3. The molecule has 2 N–H and O–H groups in total. The molecule has 196 valence electrons. The Balaban J connectivity index is 1.56. The van der Waals surface area contributed by atoms with Crippen LogP contribution in [-0.4, -0.2) is 73.5 Å². The molecule has 2 aliphatic rings. The summed E-state index contributed by atoms with van der Waals surface area (Å²) in [6.07, 6.45) is 1.87. The van der Waals surface area contributed by atoms with E-state index in [1.54, 1.807) is 6.07 Å². The largest absolute Gasteiger partial charge is 0.451 e. The molecule has 3 aromatic rings. The molecule has 13 heteroatoms. The van der Waals surface area contributed by atoms with Crippen LogP contribution in [0.4, 0.5) is 13.2 Å². The van der Waals surface area contributed by atoms with Gasteiger partial charge in [-0.05, 0) is 37.1 Å². The number of aliphatic hydroxyl groups excluding tert-OH is 2. The van der Waals surface area contributed by atoms with E-state index in [9.17, 15) is 28.2 Å². The standard InChI is InChI=1S/C24H23F3N4O6/c25-15-8-14(9-16(26)19(15)27)17-11-31(30-29-17)20-21(33)18(12-32)37-24(5-1-2-7-35-24)22(20)36-23(34)13-4-3-6-28-10-13/h3-4,6,8-11,18,20-22,32-33H,1-2,5,7,12H2/t18-,20+,21+,22-,24+/m1/s1. The lowest BCUT2D eigenvalue weighted by molar-refractivity contribution is -0.363. The Morgan fingerprint density at radius 1 is 1.24 bits per heavy atom. The quantitative estimate of drug-likeness (QED) is 0.384. The molecule has 2 aromatic heterocycles. The number of esters is 1. The van der Waals surface area contributed by atoms with E-state index in [0.29, 0.717) is 6.42 Å². The Hall–Kier alpha value is -3.39. The van der Waals surface area contributed by atoms with Crippen molar-refractivity contribution in [2.45, 2.75) is 49.4 Å². The zero-order chi connectivity index (χ0) is 26.2. The average Bonchev–Trinajstić information content (AvgIpc) is 3.40. The van der Waals surface area contributed by atoms with Gasteiger partial charge in [-0.2, -0.15) is 0 Å². The molecule has 0 radical (unpaired) electrons. The summed E-state index contributed by atoms with van der Waals surface area (Å²) in [4.78, 5) is 17.0. The number of benzene rings is 1. The second-order valence-electron chi connectivity index (χ2n) is 8.84. The van der Waals surface area contributed by atoms with Gasteiger partial charge in [-0.25, -0.2) is 22.6 Å². The monoisotopic (exact) mass is 520 g/mol. The maximum atomic E-state index is 13.8. The van der Waals surface area contributed by atoms with E-state index in [2.05, 4.69) is 15.3 Å². The Bertz CT molecular complexity index is 1250. The molecule has 0 bridgehead atoms. The van der Waals surface area contributed by atoms with Crippen molar-refractivity contribution in [2.75, 3.05) is 13.2 Å². The Kier molecular flexibility index (Phi) is 6.94. The lowest BCUT2D eigenvalue weighted by Crippen LogP contribution is -2.65. The highest BCUT2D eigenvalue weighted by molar-refractivity contribution is 5.89. The average molecular weight is 520 g/mol. The van der Waals surface area contributed by atoms with Crippen molar-refractivity contribution < 1.29 is 42.4 Å². The Morgan fingerprint density at radius 2 is 2.03 bits per heavy atom. The summed E-state index contributed by atoms with van der Waals surface area (Å²) in [6.45, 7) is -0.305. The molecule has 0 amide bonds. The fourth-order valence-corrected chi connectivity index (χ4v) is 4.69. The first kappa shape index (κ1) is 25.3. The molecule has 1 aromatic carbocycles. The number of hydrogen-bond donors (Lipinski definition) is 2. The summed E-state index contributed by atoms with van der Waals surface area (Å²) in [5.41, 5.74) is 0.00551. The molecule has 1 spiro atoms. The molecule has 5 rings (SSSR count). The van der Waals surface area contributed by atoms with Gasteiger partial charge in [0.2, 0.25) is 5.79 Å². The van der Waals surface area contributed by atoms with Crippen molar-refractivity contribution in [3.05, 3.63) is 65.9 Å². The molecule has 0 aliphatic carbocycles. The van der Waals surface area contributed by atoms with Gasteiger partial charge in [-0.15, -0.1) is 5.10 Å². The molecule has 37 heavy (non-hydrogen) atoms. The smallest absolute Gasteiger partial charge is 0.340 e. The second kappa shape index (κ2) is 10.2. The van der Waals surface area contributed by atoms with Crippen molar-refractivity contribution in [3.8, 4) is 11.3 Å². The second-order valence-corrected chi connectivity index (χ2v) is 8.84. The van der Waals surface area contributed by atoms with Gasteiger partial charge in [0.25, 0.3) is 0 Å². The topological polar surface area (TPSA) is 129 Å². The molecule has 4 heterocycles. The van der Waals surface area contributed by atoms with Gasteiger partial charge in [0, 0.05) is 24.4 Å². The summed E-state index contributed by atoms with van der Waals surface area (Å²) in [5, 5.41) is 29.0. The molecule has 2 fully saturated rings. The summed E-state index contributed by atoms with van der Waals surface area (Å²) in [6, 6.07) is 3.39. The summed E-state index contributed by atoms with van der Waals surface area (Å²) in [5.74, 6) is -6.73. The third-order valence-electron chi connectivity index (χ3n) is 6.50. The fraction of sp³-hybridized carbons (Fsp3) is 0.417. The van der Waals surface area contributed by atoms with E-state index in [-0.39, 0.29) is 29.8 Å². The number of aliphatic hydroxyl groups is 2. The molecule has 5 atom stereocenters. The Morgan fingerprint density at radius 3 is 2.68 bits per heavy atom. The number of nitrogens with zero attached hydrogens (tertiary/aromatic N) is 4. The highest BCUT2D eigenvalue weighted by atomic mass is 19.2. The predicted molar refractivity (Wildman–Crippen MR) is 118 cm³/mol. The molecule has 0 unspecified atom stereocenters. The lowest BCUT2D eigenvalue weighted by atomic mass is 9.86. The van der Waals surface area contributed by atoms with Crippen molar-refractivity contribution >= 4 is 5.97 Å². The van der Waals surface area contributed by atoms with Crippen molar-refractivity contribution in [3.63, 3.8) is 0 Å². The number of carbonyl (C=O) groups excluding carboxylic acids is 1. The first-order chi connectivity index (χ1) is 17.8. The summed E-state index contributed by atoms with van der Waals surface area (Å²) in [7, 11) is 0. The van der Waals surface area contributed by atoms with Crippen LogP contribution in [0.25, 0.3) is 11.3 Å². The minimum atomic E-state index is -1.62. The van der Waals surface area contributed by atoms with Gasteiger partial charge in [0.05, 0.1) is 25.0 Å². The summed E-state index contributed by atoms with van der Waals surface area (Å²) < 4.78 is 60.1. The van der Waals surface area contributed by atoms with Crippen LogP contribution in [0.3, 0.4) is 0 Å². The van der Waals surface area contributed by atoms with Crippen molar-refractivity contribution in [1.29, 1.82) is 0 Å². The maximum Gasteiger partial charge on any atom is 0.340 e. The van der Waals surface area contributed by atoms with Crippen LogP contribution in [0.1, 0.15) is 35.7 Å². The van der Waals surface area contributed by atoms with E-state index in [1.807, 2.05) is 0 Å². The highest BCUT2D eigenvalue weighted by Crippen LogP contribution is 2.44. The third kappa shape index (κ3) is 4.70. The van der Waals surface area contributed by atoms with Gasteiger partial charge in [0.1, 0.15) is 23.9 Å². The predicted octanol–water partition coefficient (Wildman–Crippen LogP) is 2.17. The van der Waals surface area contributed by atoms with Gasteiger partial charge in [0.15, 0.2) is 23.6 Å².